The number of hydrogen-bond acceptors (Lipinski definition) is 5. The van der Waals surface area contributed by atoms with Crippen molar-refractivity contribution in [1.29, 1.82) is 0 Å². The number of carbonyl (C=O) groups is 1. The topological polar surface area (TPSA) is 54.0 Å². The van der Waals surface area contributed by atoms with Gasteiger partial charge in [0.15, 0.2) is 0 Å². The molecule has 0 saturated carbocycles. The maximum atomic E-state index is 12.3. The average Bonchev–Trinajstić information content (AvgIpc) is 2.75. The standard InChI is InChI=1S/C14H18O5/c1-4-17-14(18-5-2)13-12(15)10-7-6-9(16-3)8-11(10)19-13/h6-8,13-14H,4-5H2,1-3H3. The SMILES string of the molecule is CCOC(OCC)C1Oc2cc(OC)ccc2C1=O. The second-order valence-corrected chi connectivity index (χ2v) is 4.04. The minimum atomic E-state index is -0.748. The van der Waals surface area contributed by atoms with Gasteiger partial charge in [0.1, 0.15) is 11.5 Å². The molecule has 5 nitrogen and oxygen atoms in total. The lowest BCUT2D eigenvalue weighted by molar-refractivity contribution is -0.168. The largest absolute Gasteiger partial charge is 0.497 e. The Morgan fingerprint density at radius 1 is 1.26 bits per heavy atom. The van der Waals surface area contributed by atoms with E-state index in [0.717, 1.165) is 0 Å². The van der Waals surface area contributed by atoms with Gasteiger partial charge in [-0.3, -0.25) is 4.79 Å². The third-order valence-electron chi connectivity index (χ3n) is 2.88. The molecule has 1 heterocycles. The number of hydrogen-bond donors (Lipinski definition) is 0. The molecule has 0 fully saturated rings. The highest BCUT2D eigenvalue weighted by atomic mass is 16.7. The molecule has 0 aromatic heterocycles. The second kappa shape index (κ2) is 6.04. The number of methoxy groups -OCH3 is 1. The fourth-order valence-electron chi connectivity index (χ4n) is 2.00. The third-order valence-corrected chi connectivity index (χ3v) is 2.88. The van der Waals surface area contributed by atoms with Gasteiger partial charge in [-0.15, -0.1) is 0 Å². The minimum absolute atomic E-state index is 0.121. The number of carbonyl (C=O) groups excluding carboxylic acids is 1. The zero-order valence-corrected chi connectivity index (χ0v) is 11.3. The van der Waals surface area contributed by atoms with E-state index in [-0.39, 0.29) is 5.78 Å². The van der Waals surface area contributed by atoms with Gasteiger partial charge in [-0.1, -0.05) is 0 Å². The van der Waals surface area contributed by atoms with E-state index < -0.39 is 12.4 Å². The molecule has 0 N–H and O–H groups in total. The van der Waals surface area contributed by atoms with E-state index in [2.05, 4.69) is 0 Å². The van der Waals surface area contributed by atoms with Gasteiger partial charge in [0, 0.05) is 19.3 Å². The molecule has 5 heteroatoms. The first-order chi connectivity index (χ1) is 9.21. The summed E-state index contributed by atoms with van der Waals surface area (Å²) in [6.07, 6.45) is -1.43. The van der Waals surface area contributed by atoms with Crippen LogP contribution in [0.15, 0.2) is 18.2 Å². The summed E-state index contributed by atoms with van der Waals surface area (Å²) >= 11 is 0. The fourth-order valence-corrected chi connectivity index (χ4v) is 2.00. The number of Topliss-reactive ketones (excluding diaryl/α,β-unsaturated/α-hetero) is 1. The quantitative estimate of drug-likeness (QED) is 0.737. The van der Waals surface area contributed by atoms with Gasteiger partial charge in [0.25, 0.3) is 0 Å². The Labute approximate surface area is 112 Å². The molecule has 0 bridgehead atoms. The van der Waals surface area contributed by atoms with Gasteiger partial charge in [-0.25, -0.2) is 0 Å². The Bertz CT molecular complexity index is 451. The molecule has 19 heavy (non-hydrogen) atoms. The Balaban J connectivity index is 2.21. The van der Waals surface area contributed by atoms with E-state index in [4.69, 9.17) is 18.9 Å². The maximum Gasteiger partial charge on any atom is 0.212 e. The summed E-state index contributed by atoms with van der Waals surface area (Å²) in [6.45, 7) is 4.61. The Kier molecular flexibility index (Phi) is 4.39. The molecule has 1 atom stereocenters. The first kappa shape index (κ1) is 13.8. The van der Waals surface area contributed by atoms with Gasteiger partial charge in [-0.05, 0) is 26.0 Å². The van der Waals surface area contributed by atoms with Crippen LogP contribution >= 0.6 is 0 Å². The van der Waals surface area contributed by atoms with Crippen LogP contribution in [0.3, 0.4) is 0 Å². The van der Waals surface area contributed by atoms with Gasteiger partial charge in [0.2, 0.25) is 18.2 Å². The molecule has 1 aromatic rings. The molecule has 104 valence electrons. The molecule has 2 rings (SSSR count). The van der Waals surface area contributed by atoms with Crippen molar-refractivity contribution in [2.45, 2.75) is 26.2 Å². The summed E-state index contributed by atoms with van der Waals surface area (Å²) in [5, 5.41) is 0. The van der Waals surface area contributed by atoms with E-state index in [1.54, 1.807) is 25.3 Å². The summed E-state index contributed by atoms with van der Waals surface area (Å²) < 4.78 is 21.6. The van der Waals surface area contributed by atoms with Crippen molar-refractivity contribution in [3.8, 4) is 11.5 Å². The minimum Gasteiger partial charge on any atom is -0.497 e. The zero-order valence-electron chi connectivity index (χ0n) is 11.3. The van der Waals surface area contributed by atoms with E-state index in [1.807, 2.05) is 13.8 Å². The molecule has 1 aliphatic heterocycles. The van der Waals surface area contributed by atoms with Crippen LogP contribution in [0, 0.1) is 0 Å². The molecule has 1 aromatic carbocycles. The number of fused-ring (bicyclic) bond motifs is 1. The van der Waals surface area contributed by atoms with Crippen molar-refractivity contribution in [3.05, 3.63) is 23.8 Å². The van der Waals surface area contributed by atoms with Gasteiger partial charge in [0.05, 0.1) is 12.7 Å². The molecule has 0 saturated heterocycles. The van der Waals surface area contributed by atoms with Crippen LogP contribution in [0.4, 0.5) is 0 Å². The van der Waals surface area contributed by atoms with Crippen molar-refractivity contribution < 1.29 is 23.7 Å². The van der Waals surface area contributed by atoms with Crippen molar-refractivity contribution in [2.24, 2.45) is 0 Å². The molecule has 1 unspecified atom stereocenters. The van der Waals surface area contributed by atoms with E-state index in [0.29, 0.717) is 30.3 Å². The first-order valence-electron chi connectivity index (χ1n) is 6.33. The predicted molar refractivity (Wildman–Crippen MR) is 68.8 cm³/mol. The van der Waals surface area contributed by atoms with E-state index in [1.165, 1.54) is 0 Å². The van der Waals surface area contributed by atoms with Gasteiger partial charge in [-0.2, -0.15) is 0 Å². The molecule has 1 aliphatic rings. The van der Waals surface area contributed by atoms with E-state index in [9.17, 15) is 4.79 Å². The van der Waals surface area contributed by atoms with Crippen LogP contribution in [0.25, 0.3) is 0 Å². The summed E-state index contributed by atoms with van der Waals surface area (Å²) in [5.74, 6) is 1.04. The number of benzene rings is 1. The van der Waals surface area contributed by atoms with Crippen LogP contribution in [-0.4, -0.2) is 38.5 Å². The van der Waals surface area contributed by atoms with Crippen molar-refractivity contribution in [2.75, 3.05) is 20.3 Å². The highest BCUT2D eigenvalue weighted by molar-refractivity contribution is 6.05. The van der Waals surface area contributed by atoms with Crippen molar-refractivity contribution in [1.82, 2.24) is 0 Å². The lowest BCUT2D eigenvalue weighted by Gasteiger charge is -2.21. The highest BCUT2D eigenvalue weighted by Crippen LogP contribution is 2.34. The van der Waals surface area contributed by atoms with Crippen molar-refractivity contribution in [3.63, 3.8) is 0 Å². The summed E-state index contributed by atoms with van der Waals surface area (Å²) in [6, 6.07) is 5.13. The molecular formula is C14H18O5. The van der Waals surface area contributed by atoms with Crippen LogP contribution < -0.4 is 9.47 Å². The number of ether oxygens (including phenoxy) is 4. The van der Waals surface area contributed by atoms with Gasteiger partial charge >= 0.3 is 0 Å². The molecule has 0 aliphatic carbocycles. The lowest BCUT2D eigenvalue weighted by atomic mass is 10.1. The van der Waals surface area contributed by atoms with Crippen LogP contribution in [0.1, 0.15) is 24.2 Å². The number of rotatable bonds is 6. The number of ketones is 1. The monoisotopic (exact) mass is 266 g/mol. The first-order valence-corrected chi connectivity index (χ1v) is 6.33. The smallest absolute Gasteiger partial charge is 0.212 e. The van der Waals surface area contributed by atoms with E-state index >= 15 is 0 Å². The molecule has 0 amide bonds. The molecule has 0 spiro atoms. The lowest BCUT2D eigenvalue weighted by Crippen LogP contribution is -2.39. The maximum absolute atomic E-state index is 12.3. The van der Waals surface area contributed by atoms with Crippen molar-refractivity contribution >= 4 is 5.78 Å². The summed E-state index contributed by atoms with van der Waals surface area (Å²) in [4.78, 5) is 12.3. The molecular weight excluding hydrogens is 248 g/mol. The van der Waals surface area contributed by atoms with Crippen LogP contribution in [0.2, 0.25) is 0 Å². The van der Waals surface area contributed by atoms with Crippen LogP contribution in [-0.2, 0) is 9.47 Å². The van der Waals surface area contributed by atoms with Gasteiger partial charge < -0.3 is 18.9 Å². The predicted octanol–water partition coefficient (Wildman–Crippen LogP) is 2.04. The average molecular weight is 266 g/mol. The molecule has 0 radical (unpaired) electrons. The Morgan fingerprint density at radius 3 is 2.53 bits per heavy atom. The summed E-state index contributed by atoms with van der Waals surface area (Å²) in [5.41, 5.74) is 0.537. The Hall–Kier alpha value is -1.59. The fraction of sp³-hybridized carbons (Fsp3) is 0.500. The second-order valence-electron chi connectivity index (χ2n) is 4.04. The summed E-state index contributed by atoms with van der Waals surface area (Å²) in [7, 11) is 1.57. The zero-order chi connectivity index (χ0) is 13.8. The van der Waals surface area contributed by atoms with Crippen LogP contribution in [0.5, 0.6) is 11.5 Å². The third kappa shape index (κ3) is 2.72. The Morgan fingerprint density at radius 2 is 1.95 bits per heavy atom. The normalized spacial score (nSPS) is 17.5. The highest BCUT2D eigenvalue weighted by Gasteiger charge is 2.39.